The molecule has 1 aliphatic heterocycles. The standard InChI is InChI=1S/C21H16ClFN2O3S/c1-21(9-26)7-13-18(28-21)15(23)6-16-19(13)29-20(25-16)11-3-10-4-12(27-2)8-24-17(10)14(22)5-11/h3-6,8,26H,7,9H2,1-2H3/t21-/m0/s1. The number of aliphatic hydroxyl groups excluding tert-OH is 1. The molecule has 0 saturated carbocycles. The first kappa shape index (κ1) is 18.5. The predicted octanol–water partition coefficient (Wildman–Crippen LogP) is 5.00. The SMILES string of the molecule is COc1cnc2c(Cl)cc(-c3nc4cc(F)c5c(c4s3)C[C@@](C)(CO)O5)cc2c1. The molecule has 1 aliphatic rings. The monoisotopic (exact) mass is 430 g/mol. The molecule has 0 radical (unpaired) electrons. The molecule has 2 aromatic heterocycles. The van der Waals surface area contributed by atoms with Crippen molar-refractivity contribution in [1.29, 1.82) is 0 Å². The largest absolute Gasteiger partial charge is 0.495 e. The Bertz CT molecular complexity index is 1290. The number of ether oxygens (including phenoxy) is 2. The molecule has 2 aromatic carbocycles. The highest BCUT2D eigenvalue weighted by Crippen LogP contribution is 2.45. The smallest absolute Gasteiger partial charge is 0.167 e. The van der Waals surface area contributed by atoms with Gasteiger partial charge in [-0.1, -0.05) is 11.6 Å². The van der Waals surface area contributed by atoms with E-state index in [4.69, 9.17) is 21.1 Å². The van der Waals surface area contributed by atoms with E-state index < -0.39 is 11.4 Å². The average molecular weight is 431 g/mol. The zero-order chi connectivity index (χ0) is 20.3. The van der Waals surface area contributed by atoms with Gasteiger partial charge in [-0.3, -0.25) is 4.98 Å². The fraction of sp³-hybridized carbons (Fsp3) is 0.238. The van der Waals surface area contributed by atoms with Crippen LogP contribution in [0.25, 0.3) is 31.7 Å². The van der Waals surface area contributed by atoms with Crippen molar-refractivity contribution < 1.29 is 19.0 Å². The molecule has 0 unspecified atom stereocenters. The van der Waals surface area contributed by atoms with Crippen LogP contribution in [0.4, 0.5) is 4.39 Å². The summed E-state index contributed by atoms with van der Waals surface area (Å²) in [4.78, 5) is 8.99. The lowest BCUT2D eigenvalue weighted by Gasteiger charge is -2.20. The molecule has 0 bridgehead atoms. The van der Waals surface area contributed by atoms with Crippen LogP contribution in [0.5, 0.6) is 11.5 Å². The van der Waals surface area contributed by atoms with Crippen molar-refractivity contribution in [3.63, 3.8) is 0 Å². The summed E-state index contributed by atoms with van der Waals surface area (Å²) in [5, 5.41) is 11.7. The van der Waals surface area contributed by atoms with Gasteiger partial charge >= 0.3 is 0 Å². The van der Waals surface area contributed by atoms with E-state index in [0.717, 1.165) is 26.2 Å². The summed E-state index contributed by atoms with van der Waals surface area (Å²) in [5.74, 6) is 0.372. The summed E-state index contributed by atoms with van der Waals surface area (Å²) >= 11 is 7.90. The Labute approximate surface area is 174 Å². The third-order valence-corrected chi connectivity index (χ3v) is 6.58. The highest BCUT2D eigenvalue weighted by molar-refractivity contribution is 7.21. The number of thiazole rings is 1. The topological polar surface area (TPSA) is 64.5 Å². The van der Waals surface area contributed by atoms with Gasteiger partial charge in [-0.05, 0) is 25.1 Å². The van der Waals surface area contributed by atoms with E-state index in [2.05, 4.69) is 9.97 Å². The fourth-order valence-electron chi connectivity index (χ4n) is 3.64. The molecule has 5 rings (SSSR count). The third kappa shape index (κ3) is 2.92. The molecule has 8 heteroatoms. The van der Waals surface area contributed by atoms with Gasteiger partial charge in [0.25, 0.3) is 0 Å². The van der Waals surface area contributed by atoms with E-state index in [1.165, 1.54) is 17.4 Å². The Kier molecular flexibility index (Phi) is 4.17. The Morgan fingerprint density at radius 1 is 1.34 bits per heavy atom. The van der Waals surface area contributed by atoms with Crippen LogP contribution < -0.4 is 9.47 Å². The van der Waals surface area contributed by atoms with Crippen LogP contribution in [0.2, 0.25) is 5.02 Å². The van der Waals surface area contributed by atoms with Crippen molar-refractivity contribution in [2.75, 3.05) is 13.7 Å². The van der Waals surface area contributed by atoms with Gasteiger partial charge in [0.15, 0.2) is 11.6 Å². The molecule has 148 valence electrons. The Morgan fingerprint density at radius 3 is 2.93 bits per heavy atom. The van der Waals surface area contributed by atoms with Crippen molar-refractivity contribution in [1.82, 2.24) is 9.97 Å². The van der Waals surface area contributed by atoms with Crippen LogP contribution in [0.3, 0.4) is 0 Å². The molecule has 0 amide bonds. The second kappa shape index (κ2) is 6.52. The lowest BCUT2D eigenvalue weighted by molar-refractivity contribution is 0.0421. The van der Waals surface area contributed by atoms with Crippen molar-refractivity contribution in [3.05, 3.63) is 46.9 Å². The van der Waals surface area contributed by atoms with Gasteiger partial charge in [-0.15, -0.1) is 11.3 Å². The molecule has 0 saturated heterocycles. The maximum Gasteiger partial charge on any atom is 0.167 e. The fourth-order valence-corrected chi connectivity index (χ4v) is 4.98. The molecular formula is C21H16ClFN2O3S. The van der Waals surface area contributed by atoms with Crippen molar-refractivity contribution in [2.24, 2.45) is 0 Å². The predicted molar refractivity (Wildman–Crippen MR) is 112 cm³/mol. The van der Waals surface area contributed by atoms with Gasteiger partial charge in [0.05, 0.1) is 40.7 Å². The minimum atomic E-state index is -0.823. The van der Waals surface area contributed by atoms with Crippen molar-refractivity contribution >= 4 is 44.1 Å². The quantitative estimate of drug-likeness (QED) is 0.495. The molecule has 0 spiro atoms. The summed E-state index contributed by atoms with van der Waals surface area (Å²) in [6.07, 6.45) is 2.05. The molecule has 1 atom stereocenters. The molecule has 0 aliphatic carbocycles. The van der Waals surface area contributed by atoms with Gasteiger partial charge in [0.2, 0.25) is 0 Å². The summed E-state index contributed by atoms with van der Waals surface area (Å²) < 4.78 is 26.4. The molecule has 1 N–H and O–H groups in total. The lowest BCUT2D eigenvalue weighted by atomic mass is 10.0. The van der Waals surface area contributed by atoms with Crippen LogP contribution in [-0.2, 0) is 6.42 Å². The molecule has 4 aromatic rings. The number of aromatic nitrogens is 2. The van der Waals surface area contributed by atoms with E-state index in [-0.39, 0.29) is 12.4 Å². The number of hydrogen-bond acceptors (Lipinski definition) is 6. The minimum Gasteiger partial charge on any atom is -0.495 e. The molecule has 3 heterocycles. The third-order valence-electron chi connectivity index (χ3n) is 5.11. The zero-order valence-corrected chi connectivity index (χ0v) is 17.2. The first-order chi connectivity index (χ1) is 13.9. The second-order valence-electron chi connectivity index (χ2n) is 7.33. The van der Waals surface area contributed by atoms with Crippen molar-refractivity contribution in [3.8, 4) is 22.1 Å². The number of benzene rings is 2. The normalized spacial score (nSPS) is 18.2. The number of pyridine rings is 1. The summed E-state index contributed by atoms with van der Waals surface area (Å²) in [7, 11) is 1.58. The number of fused-ring (bicyclic) bond motifs is 4. The van der Waals surface area contributed by atoms with Crippen LogP contribution in [0.15, 0.2) is 30.5 Å². The van der Waals surface area contributed by atoms with Crippen LogP contribution >= 0.6 is 22.9 Å². The van der Waals surface area contributed by atoms with Gasteiger partial charge in [-0.2, -0.15) is 0 Å². The lowest BCUT2D eigenvalue weighted by Crippen LogP contribution is -2.34. The van der Waals surface area contributed by atoms with Gasteiger partial charge in [0, 0.05) is 29.0 Å². The van der Waals surface area contributed by atoms with Gasteiger partial charge in [0.1, 0.15) is 16.4 Å². The maximum atomic E-state index is 14.6. The number of rotatable bonds is 3. The summed E-state index contributed by atoms with van der Waals surface area (Å²) in [5.41, 5.74) is 1.98. The van der Waals surface area contributed by atoms with Crippen molar-refractivity contribution in [2.45, 2.75) is 18.9 Å². The highest BCUT2D eigenvalue weighted by atomic mass is 35.5. The van der Waals surface area contributed by atoms with E-state index in [1.54, 1.807) is 20.2 Å². The summed E-state index contributed by atoms with van der Waals surface area (Å²) in [6, 6.07) is 7.00. The highest BCUT2D eigenvalue weighted by Gasteiger charge is 2.38. The van der Waals surface area contributed by atoms with Crippen LogP contribution in [0.1, 0.15) is 12.5 Å². The Balaban J connectivity index is 1.68. The Hall–Kier alpha value is -2.48. The minimum absolute atomic E-state index is 0.191. The first-order valence-electron chi connectivity index (χ1n) is 8.96. The number of hydrogen-bond donors (Lipinski definition) is 1. The number of aliphatic hydroxyl groups is 1. The van der Waals surface area contributed by atoms with E-state index in [9.17, 15) is 9.50 Å². The maximum absolute atomic E-state index is 14.6. The van der Waals surface area contributed by atoms with E-state index in [1.807, 2.05) is 18.2 Å². The van der Waals surface area contributed by atoms with Gasteiger partial charge in [-0.25, -0.2) is 9.37 Å². The number of nitrogens with zero attached hydrogens (tertiary/aromatic N) is 2. The van der Waals surface area contributed by atoms with Gasteiger partial charge < -0.3 is 14.6 Å². The average Bonchev–Trinajstić information content (AvgIpc) is 3.29. The number of halogens is 2. The van der Waals surface area contributed by atoms with E-state index >= 15 is 0 Å². The zero-order valence-electron chi connectivity index (χ0n) is 15.6. The molecular weight excluding hydrogens is 415 g/mol. The molecule has 0 fully saturated rings. The van der Waals surface area contributed by atoms with Crippen LogP contribution in [0, 0.1) is 5.82 Å². The Morgan fingerprint density at radius 2 is 2.17 bits per heavy atom. The van der Waals surface area contributed by atoms with Crippen LogP contribution in [-0.4, -0.2) is 34.4 Å². The second-order valence-corrected chi connectivity index (χ2v) is 8.73. The molecule has 5 nitrogen and oxygen atoms in total. The number of methoxy groups -OCH3 is 1. The summed E-state index contributed by atoms with van der Waals surface area (Å²) in [6.45, 7) is 1.58. The van der Waals surface area contributed by atoms with E-state index in [0.29, 0.717) is 28.2 Å². The molecule has 29 heavy (non-hydrogen) atoms. The first-order valence-corrected chi connectivity index (χ1v) is 10.2.